The van der Waals surface area contributed by atoms with E-state index in [1.807, 2.05) is 13.8 Å². The van der Waals surface area contributed by atoms with E-state index in [9.17, 15) is 14.9 Å². The lowest BCUT2D eigenvalue weighted by molar-refractivity contribution is -0.383. The molecule has 0 aliphatic rings. The van der Waals surface area contributed by atoms with E-state index >= 15 is 0 Å². The Morgan fingerprint density at radius 2 is 1.89 bits per heavy atom. The van der Waals surface area contributed by atoms with Crippen molar-refractivity contribution in [2.45, 2.75) is 26.9 Å². The number of hydrogen-bond donors (Lipinski definition) is 1. The Bertz CT molecular complexity index is 990. The maximum Gasteiger partial charge on any atom is 0.355 e. The van der Waals surface area contributed by atoms with Crippen LogP contribution in [0, 0.1) is 10.1 Å². The number of carbonyl (C=O) groups is 1. The minimum Gasteiger partial charge on any atom is -0.491 e. The molecule has 2 aromatic carbocycles. The van der Waals surface area contributed by atoms with Crippen LogP contribution in [0.4, 0.5) is 5.69 Å². The molecule has 0 saturated heterocycles. The van der Waals surface area contributed by atoms with Crippen molar-refractivity contribution in [1.29, 1.82) is 0 Å². The zero-order chi connectivity index (χ0) is 19.6. The highest BCUT2D eigenvalue weighted by Gasteiger charge is 2.26. The quantitative estimate of drug-likeness (QED) is 0.386. The second kappa shape index (κ2) is 7.49. The molecule has 0 atom stereocenters. The number of nitrogens with zero attached hydrogens (tertiary/aromatic N) is 1. The van der Waals surface area contributed by atoms with Crippen molar-refractivity contribution in [3.8, 4) is 16.9 Å². The minimum absolute atomic E-state index is 0.0279. The second-order valence-corrected chi connectivity index (χ2v) is 6.24. The molecule has 27 heavy (non-hydrogen) atoms. The van der Waals surface area contributed by atoms with Gasteiger partial charge in [0.15, 0.2) is 0 Å². The molecule has 1 aromatic heterocycles. The average Bonchev–Trinajstić information content (AvgIpc) is 3.01. The molecule has 1 N–H and O–H groups in total. The molecule has 3 aromatic rings. The summed E-state index contributed by atoms with van der Waals surface area (Å²) in [7, 11) is 0. The van der Waals surface area contributed by atoms with Crippen LogP contribution in [0.25, 0.3) is 22.0 Å². The van der Waals surface area contributed by atoms with Gasteiger partial charge in [0, 0.05) is 11.6 Å². The fourth-order valence-electron chi connectivity index (χ4n) is 3.00. The van der Waals surface area contributed by atoms with Gasteiger partial charge in [-0.3, -0.25) is 10.1 Å². The fourth-order valence-corrected chi connectivity index (χ4v) is 3.00. The molecule has 0 amide bonds. The number of ether oxygens (including phenoxy) is 2. The first kappa shape index (κ1) is 18.4. The van der Waals surface area contributed by atoms with Crippen molar-refractivity contribution in [3.63, 3.8) is 0 Å². The van der Waals surface area contributed by atoms with Gasteiger partial charge in [0.05, 0.1) is 28.5 Å². The number of nitrogens with one attached hydrogen (secondary N) is 1. The van der Waals surface area contributed by atoms with Crippen LogP contribution >= 0.6 is 0 Å². The van der Waals surface area contributed by atoms with Gasteiger partial charge in [-0.15, -0.1) is 0 Å². The third kappa shape index (κ3) is 3.62. The van der Waals surface area contributed by atoms with Gasteiger partial charge < -0.3 is 14.5 Å². The summed E-state index contributed by atoms with van der Waals surface area (Å²) < 4.78 is 10.8. The number of hydrogen-bond acceptors (Lipinski definition) is 5. The first-order valence-corrected chi connectivity index (χ1v) is 8.65. The summed E-state index contributed by atoms with van der Waals surface area (Å²) in [5.74, 6) is 0.126. The Hall–Kier alpha value is -3.35. The highest BCUT2D eigenvalue weighted by Crippen LogP contribution is 2.38. The van der Waals surface area contributed by atoms with Crippen molar-refractivity contribution in [1.82, 2.24) is 4.98 Å². The summed E-state index contributed by atoms with van der Waals surface area (Å²) in [6, 6.07) is 11.8. The standard InChI is InChI=1S/C20H20N2O5/c1-4-26-20(23)19-17(13-8-10-14(11-9-13)27-12(2)3)18-15(21-19)6-5-7-16(18)22(24)25/h5-12,21H,4H2,1-3H3. The van der Waals surface area contributed by atoms with E-state index in [-0.39, 0.29) is 24.1 Å². The van der Waals surface area contributed by atoms with Crippen LogP contribution in [0.1, 0.15) is 31.3 Å². The number of non-ortho nitro benzene ring substituents is 1. The van der Waals surface area contributed by atoms with Gasteiger partial charge in [-0.2, -0.15) is 0 Å². The first-order chi connectivity index (χ1) is 12.9. The summed E-state index contributed by atoms with van der Waals surface area (Å²) in [4.78, 5) is 26.5. The van der Waals surface area contributed by atoms with E-state index in [1.165, 1.54) is 6.07 Å². The van der Waals surface area contributed by atoms with Gasteiger partial charge in [0.25, 0.3) is 5.69 Å². The molecule has 7 nitrogen and oxygen atoms in total. The summed E-state index contributed by atoms with van der Waals surface area (Å²) in [6.45, 7) is 5.77. The number of nitro groups is 1. The lowest BCUT2D eigenvalue weighted by Crippen LogP contribution is -2.07. The van der Waals surface area contributed by atoms with Crippen molar-refractivity contribution in [3.05, 3.63) is 58.3 Å². The molecule has 0 spiro atoms. The third-order valence-corrected chi connectivity index (χ3v) is 3.99. The van der Waals surface area contributed by atoms with E-state index in [0.29, 0.717) is 27.8 Å². The maximum atomic E-state index is 12.5. The van der Waals surface area contributed by atoms with Crippen LogP contribution in [0.3, 0.4) is 0 Å². The number of benzene rings is 2. The van der Waals surface area contributed by atoms with Crippen molar-refractivity contribution >= 4 is 22.6 Å². The Morgan fingerprint density at radius 3 is 2.48 bits per heavy atom. The maximum absolute atomic E-state index is 12.5. The first-order valence-electron chi connectivity index (χ1n) is 8.65. The Morgan fingerprint density at radius 1 is 1.19 bits per heavy atom. The molecule has 1 heterocycles. The number of fused-ring (bicyclic) bond motifs is 1. The van der Waals surface area contributed by atoms with Crippen molar-refractivity contribution in [2.24, 2.45) is 0 Å². The van der Waals surface area contributed by atoms with Gasteiger partial charge in [-0.1, -0.05) is 18.2 Å². The van der Waals surface area contributed by atoms with E-state index in [4.69, 9.17) is 9.47 Å². The highest BCUT2D eigenvalue weighted by molar-refractivity contribution is 6.11. The number of aromatic nitrogens is 1. The van der Waals surface area contributed by atoms with Crippen LogP contribution < -0.4 is 4.74 Å². The number of aromatic amines is 1. The van der Waals surface area contributed by atoms with Gasteiger partial charge in [-0.05, 0) is 44.5 Å². The van der Waals surface area contributed by atoms with Crippen LogP contribution in [0.2, 0.25) is 0 Å². The number of nitro benzene ring substituents is 1. The van der Waals surface area contributed by atoms with Gasteiger partial charge in [-0.25, -0.2) is 4.79 Å². The van der Waals surface area contributed by atoms with Crippen molar-refractivity contribution in [2.75, 3.05) is 6.61 Å². The molecule has 3 rings (SSSR count). The van der Waals surface area contributed by atoms with Crippen molar-refractivity contribution < 1.29 is 19.2 Å². The molecule has 0 bridgehead atoms. The average molecular weight is 368 g/mol. The summed E-state index contributed by atoms with van der Waals surface area (Å²) in [5, 5.41) is 11.9. The Kier molecular flexibility index (Phi) is 5.12. The van der Waals surface area contributed by atoms with Crippen LogP contribution in [0.5, 0.6) is 5.75 Å². The number of carbonyl (C=O) groups excluding carboxylic acids is 1. The topological polar surface area (TPSA) is 94.5 Å². The van der Waals surface area contributed by atoms with Crippen LogP contribution in [0.15, 0.2) is 42.5 Å². The minimum atomic E-state index is -0.555. The summed E-state index contributed by atoms with van der Waals surface area (Å²) in [6.07, 6.45) is 0.0279. The molecule has 0 saturated carbocycles. The van der Waals surface area contributed by atoms with Gasteiger partial charge in [0.2, 0.25) is 0 Å². The normalized spacial score (nSPS) is 11.0. The lowest BCUT2D eigenvalue weighted by atomic mass is 10.0. The predicted octanol–water partition coefficient (Wildman–Crippen LogP) is 4.71. The second-order valence-electron chi connectivity index (χ2n) is 6.24. The van der Waals surface area contributed by atoms with Crippen LogP contribution in [-0.4, -0.2) is 28.6 Å². The van der Waals surface area contributed by atoms with E-state index in [1.54, 1.807) is 43.3 Å². The number of rotatable bonds is 6. The molecular formula is C20H20N2O5. The molecule has 0 aliphatic carbocycles. The largest absolute Gasteiger partial charge is 0.491 e. The van der Waals surface area contributed by atoms with Gasteiger partial charge >= 0.3 is 5.97 Å². The Labute approximate surface area is 156 Å². The molecule has 7 heteroatoms. The highest BCUT2D eigenvalue weighted by atomic mass is 16.6. The number of esters is 1. The smallest absolute Gasteiger partial charge is 0.355 e. The third-order valence-electron chi connectivity index (χ3n) is 3.99. The molecular weight excluding hydrogens is 348 g/mol. The zero-order valence-corrected chi connectivity index (χ0v) is 15.3. The zero-order valence-electron chi connectivity index (χ0n) is 15.3. The molecule has 0 aliphatic heterocycles. The Balaban J connectivity index is 2.23. The van der Waals surface area contributed by atoms with E-state index in [0.717, 1.165) is 0 Å². The monoisotopic (exact) mass is 368 g/mol. The lowest BCUT2D eigenvalue weighted by Gasteiger charge is -2.10. The fraction of sp³-hybridized carbons (Fsp3) is 0.250. The molecule has 0 unspecified atom stereocenters. The molecule has 0 radical (unpaired) electrons. The molecule has 0 fully saturated rings. The number of H-pyrrole nitrogens is 1. The SMILES string of the molecule is CCOC(=O)c1[nH]c2cccc([N+](=O)[O-])c2c1-c1ccc(OC(C)C)cc1. The summed E-state index contributed by atoms with van der Waals surface area (Å²) in [5.41, 5.74) is 1.74. The van der Waals surface area contributed by atoms with E-state index in [2.05, 4.69) is 4.98 Å². The molecule has 140 valence electrons. The predicted molar refractivity (Wildman–Crippen MR) is 102 cm³/mol. The summed E-state index contributed by atoms with van der Waals surface area (Å²) >= 11 is 0. The van der Waals surface area contributed by atoms with Gasteiger partial charge in [0.1, 0.15) is 11.4 Å². The van der Waals surface area contributed by atoms with E-state index < -0.39 is 10.9 Å². The van der Waals surface area contributed by atoms with Crippen LogP contribution in [-0.2, 0) is 4.74 Å².